The van der Waals surface area contributed by atoms with Gasteiger partial charge < -0.3 is 11.1 Å². The van der Waals surface area contributed by atoms with E-state index in [4.69, 9.17) is 5.73 Å². The van der Waals surface area contributed by atoms with Crippen molar-refractivity contribution in [1.82, 2.24) is 15.0 Å². The highest BCUT2D eigenvalue weighted by Gasteiger charge is 2.28. The molecule has 1 aromatic heterocycles. The summed E-state index contributed by atoms with van der Waals surface area (Å²) in [6, 6.07) is 7.75. The van der Waals surface area contributed by atoms with Gasteiger partial charge in [0.05, 0.1) is 6.54 Å². The van der Waals surface area contributed by atoms with E-state index in [1.807, 2.05) is 24.3 Å². The summed E-state index contributed by atoms with van der Waals surface area (Å²) in [6.45, 7) is 2.95. The molecule has 4 rings (SSSR count). The van der Waals surface area contributed by atoms with Gasteiger partial charge in [-0.05, 0) is 60.9 Å². The van der Waals surface area contributed by atoms with Crippen LogP contribution in [0.5, 0.6) is 0 Å². The Balaban J connectivity index is 1.56. The van der Waals surface area contributed by atoms with Crippen molar-refractivity contribution >= 4 is 29.2 Å². The Morgan fingerprint density at radius 2 is 2.12 bits per heavy atom. The average molecular weight is 366 g/mol. The summed E-state index contributed by atoms with van der Waals surface area (Å²) in [5, 5.41) is 3.95. The fourth-order valence-electron chi connectivity index (χ4n) is 2.82. The quantitative estimate of drug-likeness (QED) is 0.750. The number of nitrogens with one attached hydrogen (secondary N) is 1. The molecule has 0 amide bonds. The molecule has 1 fully saturated rings. The van der Waals surface area contributed by atoms with Crippen LogP contribution in [0.2, 0.25) is 0 Å². The van der Waals surface area contributed by atoms with E-state index >= 15 is 0 Å². The minimum absolute atomic E-state index is 0.454. The lowest BCUT2D eigenvalue weighted by Gasteiger charge is -2.08. The third-order valence-electron chi connectivity index (χ3n) is 4.25. The molecule has 3 N–H and O–H groups in total. The summed E-state index contributed by atoms with van der Waals surface area (Å²) in [7, 11) is 0. The number of aromatic nitrogens is 3. The molecule has 1 saturated carbocycles. The van der Waals surface area contributed by atoms with Gasteiger partial charge >= 0.3 is 0 Å². The second kappa shape index (κ2) is 7.45. The lowest BCUT2D eigenvalue weighted by Crippen LogP contribution is -2.12. The topological polar surface area (TPSA) is 89.1 Å². The van der Waals surface area contributed by atoms with Crippen LogP contribution in [0.15, 0.2) is 51.0 Å². The molecule has 134 valence electrons. The summed E-state index contributed by atoms with van der Waals surface area (Å²) >= 11 is 1.50. The predicted octanol–water partition coefficient (Wildman–Crippen LogP) is 4.03. The SMILES string of the molecule is CCCC1=CC(Nc2nc(Sc3cccc(N)c3)nc(C3CC3)n2)=NC1. The molecule has 0 saturated heterocycles. The van der Waals surface area contributed by atoms with E-state index in [1.54, 1.807) is 0 Å². The van der Waals surface area contributed by atoms with Crippen molar-refractivity contribution in [1.29, 1.82) is 0 Å². The van der Waals surface area contributed by atoms with Gasteiger partial charge in [0, 0.05) is 16.5 Å². The van der Waals surface area contributed by atoms with Gasteiger partial charge in [-0.3, -0.25) is 4.99 Å². The highest BCUT2D eigenvalue weighted by Crippen LogP contribution is 2.39. The van der Waals surface area contributed by atoms with Crippen molar-refractivity contribution in [3.8, 4) is 0 Å². The molecule has 2 heterocycles. The Hall–Kier alpha value is -2.41. The van der Waals surface area contributed by atoms with Gasteiger partial charge in [-0.25, -0.2) is 4.98 Å². The average Bonchev–Trinajstić information content (AvgIpc) is 3.37. The highest BCUT2D eigenvalue weighted by molar-refractivity contribution is 7.99. The van der Waals surface area contributed by atoms with E-state index in [0.717, 1.165) is 54.5 Å². The molecule has 1 aliphatic heterocycles. The largest absolute Gasteiger partial charge is 0.399 e. The predicted molar refractivity (Wildman–Crippen MR) is 106 cm³/mol. The number of hydrogen-bond acceptors (Lipinski definition) is 7. The van der Waals surface area contributed by atoms with E-state index in [0.29, 0.717) is 17.0 Å². The third kappa shape index (κ3) is 4.22. The van der Waals surface area contributed by atoms with Crippen molar-refractivity contribution < 1.29 is 0 Å². The van der Waals surface area contributed by atoms with Crippen molar-refractivity contribution in [2.75, 3.05) is 17.6 Å². The van der Waals surface area contributed by atoms with Crippen LogP contribution in [-0.4, -0.2) is 27.3 Å². The lowest BCUT2D eigenvalue weighted by atomic mass is 10.1. The number of amidine groups is 1. The second-order valence-electron chi connectivity index (χ2n) is 6.63. The number of benzene rings is 1. The Morgan fingerprint density at radius 1 is 1.23 bits per heavy atom. The monoisotopic (exact) mass is 366 g/mol. The number of anilines is 2. The first-order chi connectivity index (χ1) is 12.7. The molecule has 1 aromatic carbocycles. The first kappa shape index (κ1) is 17.0. The van der Waals surface area contributed by atoms with Gasteiger partial charge in [0.15, 0.2) is 5.16 Å². The van der Waals surface area contributed by atoms with Gasteiger partial charge in [-0.15, -0.1) is 0 Å². The van der Waals surface area contributed by atoms with Crippen LogP contribution in [0.1, 0.15) is 44.3 Å². The van der Waals surface area contributed by atoms with Crippen molar-refractivity contribution in [3.63, 3.8) is 0 Å². The number of nitrogens with two attached hydrogens (primary N) is 1. The van der Waals surface area contributed by atoms with Crippen LogP contribution in [0.25, 0.3) is 0 Å². The summed E-state index contributed by atoms with van der Waals surface area (Å²) in [4.78, 5) is 19.4. The number of nitrogens with zero attached hydrogens (tertiary/aromatic N) is 4. The highest BCUT2D eigenvalue weighted by atomic mass is 32.2. The number of nitrogen functional groups attached to an aromatic ring is 1. The summed E-state index contributed by atoms with van der Waals surface area (Å²) < 4.78 is 0. The molecule has 1 aliphatic carbocycles. The zero-order valence-electron chi connectivity index (χ0n) is 14.8. The summed E-state index contributed by atoms with van der Waals surface area (Å²) in [6.07, 6.45) is 6.61. The van der Waals surface area contributed by atoms with Gasteiger partial charge in [0.25, 0.3) is 0 Å². The maximum atomic E-state index is 5.88. The maximum Gasteiger partial charge on any atom is 0.232 e. The normalized spacial score (nSPS) is 16.3. The third-order valence-corrected chi connectivity index (χ3v) is 5.10. The Morgan fingerprint density at radius 3 is 2.88 bits per heavy atom. The van der Waals surface area contributed by atoms with Gasteiger partial charge in [0.2, 0.25) is 5.95 Å². The molecule has 6 nitrogen and oxygen atoms in total. The molecule has 0 spiro atoms. The number of aliphatic imine (C=N–C) groups is 1. The van der Waals surface area contributed by atoms with E-state index < -0.39 is 0 Å². The van der Waals surface area contributed by atoms with Crippen LogP contribution in [0.3, 0.4) is 0 Å². The lowest BCUT2D eigenvalue weighted by molar-refractivity contribution is 0.816. The van der Waals surface area contributed by atoms with E-state index in [2.05, 4.69) is 38.3 Å². The van der Waals surface area contributed by atoms with Crippen molar-refractivity contribution in [2.24, 2.45) is 4.99 Å². The minimum atomic E-state index is 0.454. The Bertz CT molecular complexity index is 872. The molecule has 0 atom stereocenters. The van der Waals surface area contributed by atoms with Gasteiger partial charge in [-0.2, -0.15) is 9.97 Å². The zero-order chi connectivity index (χ0) is 17.9. The Kier molecular flexibility index (Phi) is 4.88. The second-order valence-corrected chi connectivity index (χ2v) is 7.67. The van der Waals surface area contributed by atoms with E-state index in [9.17, 15) is 0 Å². The fourth-order valence-corrected chi connectivity index (χ4v) is 3.64. The standard InChI is InChI=1S/C19H22N6S/c1-2-4-12-9-16(21-11-12)22-18-23-17(13-7-8-13)24-19(25-18)26-15-6-3-5-14(20)10-15/h3,5-6,9-10,13H,2,4,7-8,11,20H2,1H3,(H,21,22,23,24,25). The first-order valence-corrected chi connectivity index (χ1v) is 9.81. The summed E-state index contributed by atoms with van der Waals surface area (Å²) in [5.41, 5.74) is 7.96. The zero-order valence-corrected chi connectivity index (χ0v) is 15.6. The number of rotatable bonds is 6. The van der Waals surface area contributed by atoms with Gasteiger partial charge in [0.1, 0.15) is 11.7 Å². The number of hydrogen-bond donors (Lipinski definition) is 2. The molecule has 0 bridgehead atoms. The molecule has 26 heavy (non-hydrogen) atoms. The van der Waals surface area contributed by atoms with Crippen molar-refractivity contribution in [3.05, 3.63) is 41.7 Å². The first-order valence-electron chi connectivity index (χ1n) is 9.00. The minimum Gasteiger partial charge on any atom is -0.399 e. The Labute approximate surface area is 157 Å². The van der Waals surface area contributed by atoms with Crippen LogP contribution in [0, 0.1) is 0 Å². The molecule has 7 heteroatoms. The smallest absolute Gasteiger partial charge is 0.232 e. The van der Waals surface area contributed by atoms with Crippen LogP contribution >= 0.6 is 11.8 Å². The van der Waals surface area contributed by atoms with E-state index in [1.165, 1.54) is 17.3 Å². The molecular weight excluding hydrogens is 344 g/mol. The molecular formula is C19H22N6S. The van der Waals surface area contributed by atoms with Gasteiger partial charge in [-0.1, -0.05) is 19.4 Å². The molecule has 0 radical (unpaired) electrons. The molecule has 0 unspecified atom stereocenters. The van der Waals surface area contributed by atoms with Crippen LogP contribution < -0.4 is 11.1 Å². The van der Waals surface area contributed by atoms with E-state index in [-0.39, 0.29) is 0 Å². The van der Waals surface area contributed by atoms with Crippen LogP contribution in [-0.2, 0) is 0 Å². The molecule has 2 aromatic rings. The molecule has 2 aliphatic rings. The van der Waals surface area contributed by atoms with Crippen LogP contribution in [0.4, 0.5) is 11.6 Å². The summed E-state index contributed by atoms with van der Waals surface area (Å²) in [5.74, 6) is 2.73. The maximum absolute atomic E-state index is 5.88. The van der Waals surface area contributed by atoms with Crippen molar-refractivity contribution in [2.45, 2.75) is 48.6 Å². The fraction of sp³-hybridized carbons (Fsp3) is 0.368.